The molecule has 0 aromatic heterocycles. The van der Waals surface area contributed by atoms with Crippen LogP contribution in [-0.4, -0.2) is 46.1 Å². The quantitative estimate of drug-likeness (QED) is 0.898. The number of benzene rings is 1. The molecule has 1 saturated heterocycles. The SMILES string of the molecule is COc1ccc(OC)c(S(=O)(=O)N2CCC(C)C(N)C2)c1. The van der Waals surface area contributed by atoms with E-state index in [1.165, 1.54) is 24.6 Å². The van der Waals surface area contributed by atoms with E-state index in [0.29, 0.717) is 30.5 Å². The average molecular weight is 314 g/mol. The molecule has 1 aromatic rings. The lowest BCUT2D eigenvalue weighted by Gasteiger charge is -2.34. The second kappa shape index (κ2) is 6.21. The highest BCUT2D eigenvalue weighted by Crippen LogP contribution is 2.32. The first-order chi connectivity index (χ1) is 9.90. The van der Waals surface area contributed by atoms with Gasteiger partial charge in [-0.05, 0) is 24.5 Å². The maximum absolute atomic E-state index is 12.8. The number of sulfonamides is 1. The molecule has 21 heavy (non-hydrogen) atoms. The van der Waals surface area contributed by atoms with E-state index in [9.17, 15) is 8.42 Å². The number of hydrogen-bond acceptors (Lipinski definition) is 5. The summed E-state index contributed by atoms with van der Waals surface area (Å²) < 4.78 is 37.4. The molecule has 0 bridgehead atoms. The molecule has 1 aliphatic heterocycles. The minimum Gasteiger partial charge on any atom is -0.497 e. The third kappa shape index (κ3) is 3.14. The van der Waals surface area contributed by atoms with Gasteiger partial charge in [0.1, 0.15) is 16.4 Å². The number of rotatable bonds is 4. The van der Waals surface area contributed by atoms with E-state index in [1.807, 2.05) is 6.92 Å². The molecule has 2 rings (SSSR count). The molecule has 1 aliphatic rings. The van der Waals surface area contributed by atoms with Crippen molar-refractivity contribution in [3.63, 3.8) is 0 Å². The van der Waals surface area contributed by atoms with E-state index in [-0.39, 0.29) is 10.9 Å². The van der Waals surface area contributed by atoms with Crippen molar-refractivity contribution in [3.05, 3.63) is 18.2 Å². The highest BCUT2D eigenvalue weighted by atomic mass is 32.2. The topological polar surface area (TPSA) is 81.9 Å². The predicted octanol–water partition coefficient (Wildman–Crippen LogP) is 1.06. The summed E-state index contributed by atoms with van der Waals surface area (Å²) in [7, 11) is -0.699. The number of nitrogens with zero attached hydrogens (tertiary/aromatic N) is 1. The molecule has 2 N–H and O–H groups in total. The van der Waals surface area contributed by atoms with Crippen LogP contribution in [0.2, 0.25) is 0 Å². The van der Waals surface area contributed by atoms with Gasteiger partial charge in [-0.1, -0.05) is 6.92 Å². The van der Waals surface area contributed by atoms with Crippen molar-refractivity contribution < 1.29 is 17.9 Å². The van der Waals surface area contributed by atoms with Gasteiger partial charge in [-0.15, -0.1) is 0 Å². The van der Waals surface area contributed by atoms with Gasteiger partial charge < -0.3 is 15.2 Å². The summed E-state index contributed by atoms with van der Waals surface area (Å²) in [5, 5.41) is 0. The van der Waals surface area contributed by atoms with Gasteiger partial charge in [0.25, 0.3) is 0 Å². The Labute approximate surface area is 125 Å². The van der Waals surface area contributed by atoms with Gasteiger partial charge >= 0.3 is 0 Å². The fourth-order valence-electron chi connectivity index (χ4n) is 2.41. The van der Waals surface area contributed by atoms with Gasteiger partial charge in [-0.3, -0.25) is 0 Å². The summed E-state index contributed by atoms with van der Waals surface area (Å²) in [4.78, 5) is 0.117. The lowest BCUT2D eigenvalue weighted by molar-refractivity contribution is 0.252. The Morgan fingerprint density at radius 3 is 2.57 bits per heavy atom. The third-order valence-electron chi connectivity index (χ3n) is 3.97. The van der Waals surface area contributed by atoms with Crippen molar-refractivity contribution >= 4 is 10.0 Å². The van der Waals surface area contributed by atoms with Crippen LogP contribution in [0.1, 0.15) is 13.3 Å². The highest BCUT2D eigenvalue weighted by Gasteiger charge is 2.34. The lowest BCUT2D eigenvalue weighted by Crippen LogP contribution is -2.49. The van der Waals surface area contributed by atoms with Crippen LogP contribution in [0.5, 0.6) is 11.5 Å². The largest absolute Gasteiger partial charge is 0.497 e. The first kappa shape index (κ1) is 16.1. The molecule has 7 heteroatoms. The molecule has 6 nitrogen and oxygen atoms in total. The van der Waals surface area contributed by atoms with Crippen LogP contribution in [-0.2, 0) is 10.0 Å². The number of methoxy groups -OCH3 is 2. The molecular formula is C14H22N2O4S. The van der Waals surface area contributed by atoms with Crippen LogP contribution >= 0.6 is 0 Å². The van der Waals surface area contributed by atoms with Crippen molar-refractivity contribution in [1.29, 1.82) is 0 Å². The van der Waals surface area contributed by atoms with Crippen LogP contribution in [0.25, 0.3) is 0 Å². The highest BCUT2D eigenvalue weighted by molar-refractivity contribution is 7.89. The van der Waals surface area contributed by atoms with E-state index in [0.717, 1.165) is 6.42 Å². The molecule has 1 fully saturated rings. The van der Waals surface area contributed by atoms with Crippen LogP contribution < -0.4 is 15.2 Å². The van der Waals surface area contributed by atoms with Crippen molar-refractivity contribution in [2.24, 2.45) is 11.7 Å². The average Bonchev–Trinajstić information content (AvgIpc) is 2.49. The van der Waals surface area contributed by atoms with Crippen LogP contribution in [0.15, 0.2) is 23.1 Å². The van der Waals surface area contributed by atoms with Gasteiger partial charge in [0.05, 0.1) is 14.2 Å². The number of piperidine rings is 1. The van der Waals surface area contributed by atoms with Gasteiger partial charge in [0.15, 0.2) is 0 Å². The minimum absolute atomic E-state index is 0.117. The lowest BCUT2D eigenvalue weighted by atomic mass is 9.96. The molecule has 0 radical (unpaired) electrons. The van der Waals surface area contributed by atoms with Gasteiger partial charge in [0.2, 0.25) is 10.0 Å². The summed E-state index contributed by atoms with van der Waals surface area (Å²) in [5.74, 6) is 1.11. The second-order valence-electron chi connectivity index (χ2n) is 5.31. The molecule has 2 unspecified atom stereocenters. The van der Waals surface area contributed by atoms with E-state index in [2.05, 4.69) is 0 Å². The van der Waals surface area contributed by atoms with Crippen molar-refractivity contribution in [1.82, 2.24) is 4.31 Å². The molecule has 0 amide bonds. The van der Waals surface area contributed by atoms with E-state index >= 15 is 0 Å². The Bertz CT molecular complexity index is 603. The smallest absolute Gasteiger partial charge is 0.246 e. The fourth-order valence-corrected chi connectivity index (χ4v) is 4.07. The maximum atomic E-state index is 12.8. The molecule has 2 atom stereocenters. The molecule has 0 saturated carbocycles. The van der Waals surface area contributed by atoms with Crippen LogP contribution in [0.3, 0.4) is 0 Å². The van der Waals surface area contributed by atoms with Crippen LogP contribution in [0, 0.1) is 5.92 Å². The second-order valence-corrected chi connectivity index (χ2v) is 7.22. The first-order valence-electron chi connectivity index (χ1n) is 6.88. The molecule has 1 aromatic carbocycles. The monoisotopic (exact) mass is 314 g/mol. The molecule has 118 valence electrons. The van der Waals surface area contributed by atoms with Gasteiger partial charge in [-0.25, -0.2) is 8.42 Å². The summed E-state index contributed by atoms with van der Waals surface area (Å²) in [6.45, 7) is 2.84. The van der Waals surface area contributed by atoms with Crippen molar-refractivity contribution in [2.45, 2.75) is 24.3 Å². The Morgan fingerprint density at radius 2 is 2.00 bits per heavy atom. The van der Waals surface area contributed by atoms with E-state index < -0.39 is 10.0 Å². The first-order valence-corrected chi connectivity index (χ1v) is 8.32. The Hall–Kier alpha value is -1.31. The zero-order valence-corrected chi connectivity index (χ0v) is 13.4. The predicted molar refractivity (Wildman–Crippen MR) is 80.1 cm³/mol. The standard InChI is InChI=1S/C14H22N2O4S/c1-10-6-7-16(9-12(10)15)21(17,18)14-8-11(19-2)4-5-13(14)20-3/h4-5,8,10,12H,6-7,9,15H2,1-3H3. The molecule has 0 aliphatic carbocycles. The number of nitrogens with two attached hydrogens (primary N) is 1. The summed E-state index contributed by atoms with van der Waals surface area (Å²) >= 11 is 0. The zero-order valence-electron chi connectivity index (χ0n) is 12.6. The molecule has 1 heterocycles. The Morgan fingerprint density at radius 1 is 1.29 bits per heavy atom. The summed E-state index contributed by atoms with van der Waals surface area (Å²) in [6, 6.07) is 4.60. The Balaban J connectivity index is 2.39. The molecular weight excluding hydrogens is 292 g/mol. The van der Waals surface area contributed by atoms with Crippen molar-refractivity contribution in [2.75, 3.05) is 27.3 Å². The summed E-state index contributed by atoms with van der Waals surface area (Å²) in [5.41, 5.74) is 6.01. The van der Waals surface area contributed by atoms with Crippen LogP contribution in [0.4, 0.5) is 0 Å². The summed E-state index contributed by atoms with van der Waals surface area (Å²) in [6.07, 6.45) is 0.757. The van der Waals surface area contributed by atoms with Crippen molar-refractivity contribution in [3.8, 4) is 11.5 Å². The normalized spacial score (nSPS) is 23.8. The Kier molecular flexibility index (Phi) is 4.75. The number of ether oxygens (including phenoxy) is 2. The van der Waals surface area contributed by atoms with E-state index in [4.69, 9.17) is 15.2 Å². The zero-order chi connectivity index (χ0) is 15.6. The minimum atomic E-state index is -3.65. The van der Waals surface area contributed by atoms with Gasteiger partial charge in [-0.2, -0.15) is 4.31 Å². The molecule has 0 spiro atoms. The van der Waals surface area contributed by atoms with Gasteiger partial charge in [0, 0.05) is 25.2 Å². The third-order valence-corrected chi connectivity index (χ3v) is 5.85. The van der Waals surface area contributed by atoms with E-state index in [1.54, 1.807) is 12.1 Å². The maximum Gasteiger partial charge on any atom is 0.246 e. The fraction of sp³-hybridized carbons (Fsp3) is 0.571. The number of hydrogen-bond donors (Lipinski definition) is 1.